The lowest BCUT2D eigenvalue weighted by molar-refractivity contribution is -0.122. The first-order valence-electron chi connectivity index (χ1n) is 10.9. The van der Waals surface area contributed by atoms with Gasteiger partial charge in [0.1, 0.15) is 5.66 Å². The topological polar surface area (TPSA) is 64.6 Å². The maximum absolute atomic E-state index is 12.9. The van der Waals surface area contributed by atoms with Crippen LogP contribution in [0.1, 0.15) is 80.1 Å². The largest absolute Gasteiger partial charge is 0.349 e. The number of rotatable bonds is 12. The molecule has 1 saturated heterocycles. The van der Waals surface area contributed by atoms with E-state index in [2.05, 4.69) is 51.2 Å². The van der Waals surface area contributed by atoms with E-state index in [1.807, 2.05) is 0 Å². The molecule has 1 amide bonds. The fourth-order valence-electron chi connectivity index (χ4n) is 3.49. The average Bonchev–Trinajstić information content (AvgIpc) is 2.61. The highest BCUT2D eigenvalue weighted by atomic mass is 31.2. The van der Waals surface area contributed by atoms with Crippen LogP contribution in [0.4, 0.5) is 0 Å². The van der Waals surface area contributed by atoms with Crippen molar-refractivity contribution in [3.8, 4) is 0 Å². The Labute approximate surface area is 177 Å². The Balaban J connectivity index is 2.54. The van der Waals surface area contributed by atoms with Crippen molar-refractivity contribution in [3.63, 3.8) is 0 Å². The molecule has 1 aliphatic heterocycles. The first-order valence-corrected chi connectivity index (χ1v) is 12.5. The molecule has 0 bridgehead atoms. The lowest BCUT2D eigenvalue weighted by Crippen LogP contribution is -2.46. The van der Waals surface area contributed by atoms with E-state index >= 15 is 0 Å². The molecule has 29 heavy (non-hydrogen) atoms. The summed E-state index contributed by atoms with van der Waals surface area (Å²) in [6.07, 6.45) is 12.2. The van der Waals surface area contributed by atoms with Gasteiger partial charge in [0.2, 0.25) is 5.91 Å². The van der Waals surface area contributed by atoms with Crippen molar-refractivity contribution < 1.29 is 18.4 Å². The number of nitrogens with one attached hydrogen (secondary N) is 1. The Morgan fingerprint density at radius 3 is 2.14 bits per heavy atom. The lowest BCUT2D eigenvalue weighted by Gasteiger charge is -2.31. The second kappa shape index (κ2) is 13.2. The van der Waals surface area contributed by atoms with Gasteiger partial charge in [-0.25, -0.2) is 0 Å². The molecule has 0 aliphatic carbocycles. The van der Waals surface area contributed by atoms with E-state index in [9.17, 15) is 9.36 Å². The number of carbonyl (C=O) groups excluding carboxylic acids is 1. The standard InChI is InChI=1S/C23H40NO4P/c1-7-27-29(26,28-8-2)22-16-15-21(24-23(22)25)17-20(6)14-10-13-19(5)12-9-11-18(3)4/h11,13,17,21-22H,7-10,12,14-16H2,1-6H3,(H,24,25)/b19-13+,20-17+/t21-,22?/m0/s1. The fourth-order valence-corrected chi connectivity index (χ4v) is 5.47. The Morgan fingerprint density at radius 2 is 1.59 bits per heavy atom. The van der Waals surface area contributed by atoms with E-state index in [0.717, 1.165) is 32.1 Å². The number of piperidine rings is 1. The number of amides is 1. The molecule has 166 valence electrons. The molecule has 1 fully saturated rings. The molecule has 2 atom stereocenters. The van der Waals surface area contributed by atoms with Crippen LogP contribution in [0.15, 0.2) is 34.9 Å². The molecule has 0 aromatic heterocycles. The summed E-state index contributed by atoms with van der Waals surface area (Å²) in [4.78, 5) is 12.5. The molecular formula is C23H40NO4P. The summed E-state index contributed by atoms with van der Waals surface area (Å²) in [6, 6.07) is -0.0156. The van der Waals surface area contributed by atoms with E-state index in [1.54, 1.807) is 13.8 Å². The molecule has 1 unspecified atom stereocenters. The highest BCUT2D eigenvalue weighted by molar-refractivity contribution is 7.55. The second-order valence-corrected chi connectivity index (χ2v) is 10.2. The molecule has 1 heterocycles. The lowest BCUT2D eigenvalue weighted by atomic mass is 9.99. The summed E-state index contributed by atoms with van der Waals surface area (Å²) in [6.45, 7) is 12.6. The number of carbonyl (C=O) groups is 1. The number of hydrogen-bond acceptors (Lipinski definition) is 4. The zero-order valence-electron chi connectivity index (χ0n) is 19.1. The third-order valence-electron chi connectivity index (χ3n) is 4.99. The Hall–Kier alpha value is -1.16. The van der Waals surface area contributed by atoms with E-state index in [1.165, 1.54) is 16.7 Å². The van der Waals surface area contributed by atoms with Gasteiger partial charge in [0.25, 0.3) is 0 Å². The van der Waals surface area contributed by atoms with Crippen molar-refractivity contribution in [2.24, 2.45) is 0 Å². The van der Waals surface area contributed by atoms with Crippen LogP contribution in [0.25, 0.3) is 0 Å². The van der Waals surface area contributed by atoms with Gasteiger partial charge in [-0.05, 0) is 80.1 Å². The molecule has 1 aliphatic rings. The molecule has 0 aromatic rings. The van der Waals surface area contributed by atoms with Crippen LogP contribution >= 0.6 is 7.60 Å². The molecule has 0 spiro atoms. The molecule has 0 saturated carbocycles. The van der Waals surface area contributed by atoms with Crippen molar-refractivity contribution in [2.75, 3.05) is 13.2 Å². The van der Waals surface area contributed by atoms with Gasteiger partial charge in [-0.1, -0.05) is 34.9 Å². The third kappa shape index (κ3) is 9.46. The van der Waals surface area contributed by atoms with Crippen LogP contribution in [-0.4, -0.2) is 30.8 Å². The molecular weight excluding hydrogens is 385 g/mol. The first kappa shape index (κ1) is 25.9. The summed E-state index contributed by atoms with van der Waals surface area (Å²) < 4.78 is 23.6. The van der Waals surface area contributed by atoms with Gasteiger partial charge in [-0.3, -0.25) is 9.36 Å². The summed E-state index contributed by atoms with van der Waals surface area (Å²) in [5.74, 6) is -0.231. The van der Waals surface area contributed by atoms with Crippen LogP contribution in [-0.2, 0) is 18.4 Å². The monoisotopic (exact) mass is 425 g/mol. The highest BCUT2D eigenvalue weighted by Gasteiger charge is 2.43. The molecule has 0 aromatic carbocycles. The van der Waals surface area contributed by atoms with E-state index in [0.29, 0.717) is 6.42 Å². The second-order valence-electron chi connectivity index (χ2n) is 8.01. The van der Waals surface area contributed by atoms with Gasteiger partial charge in [-0.2, -0.15) is 0 Å². The van der Waals surface area contributed by atoms with Crippen molar-refractivity contribution in [1.29, 1.82) is 0 Å². The van der Waals surface area contributed by atoms with Gasteiger partial charge in [-0.15, -0.1) is 0 Å². The van der Waals surface area contributed by atoms with Crippen molar-refractivity contribution in [3.05, 3.63) is 34.9 Å². The smallest absolute Gasteiger partial charge is 0.343 e. The predicted molar refractivity (Wildman–Crippen MR) is 121 cm³/mol. The quantitative estimate of drug-likeness (QED) is 0.294. The molecule has 5 nitrogen and oxygen atoms in total. The van der Waals surface area contributed by atoms with E-state index in [-0.39, 0.29) is 25.2 Å². The first-order chi connectivity index (χ1) is 13.7. The molecule has 1 N–H and O–H groups in total. The van der Waals surface area contributed by atoms with Crippen LogP contribution in [0, 0.1) is 0 Å². The average molecular weight is 426 g/mol. The Kier molecular flexibility index (Phi) is 11.8. The van der Waals surface area contributed by atoms with Crippen LogP contribution in [0.3, 0.4) is 0 Å². The minimum Gasteiger partial charge on any atom is -0.349 e. The number of allylic oxidation sites excluding steroid dienone is 5. The van der Waals surface area contributed by atoms with Gasteiger partial charge >= 0.3 is 7.60 Å². The van der Waals surface area contributed by atoms with Gasteiger partial charge < -0.3 is 14.4 Å². The maximum Gasteiger partial charge on any atom is 0.343 e. The van der Waals surface area contributed by atoms with Crippen molar-refractivity contribution in [1.82, 2.24) is 5.32 Å². The van der Waals surface area contributed by atoms with E-state index < -0.39 is 13.3 Å². The van der Waals surface area contributed by atoms with Crippen molar-refractivity contribution in [2.45, 2.75) is 91.8 Å². The van der Waals surface area contributed by atoms with Gasteiger partial charge in [0, 0.05) is 6.04 Å². The van der Waals surface area contributed by atoms with Crippen LogP contribution in [0.2, 0.25) is 0 Å². The third-order valence-corrected chi connectivity index (χ3v) is 7.48. The predicted octanol–water partition coefficient (Wildman–Crippen LogP) is 6.32. The maximum atomic E-state index is 12.9. The zero-order chi connectivity index (χ0) is 21.9. The summed E-state index contributed by atoms with van der Waals surface area (Å²) in [7, 11) is -3.40. The minimum absolute atomic E-state index is 0.0156. The highest BCUT2D eigenvalue weighted by Crippen LogP contribution is 2.55. The van der Waals surface area contributed by atoms with Gasteiger partial charge in [0.05, 0.1) is 13.2 Å². The van der Waals surface area contributed by atoms with E-state index in [4.69, 9.17) is 9.05 Å². The minimum atomic E-state index is -3.40. The number of hydrogen-bond donors (Lipinski definition) is 1. The summed E-state index contributed by atoms with van der Waals surface area (Å²) >= 11 is 0. The molecule has 6 heteroatoms. The molecule has 0 radical (unpaired) electrons. The summed E-state index contributed by atoms with van der Waals surface area (Å²) in [5, 5.41) is 2.99. The Morgan fingerprint density at radius 1 is 1.00 bits per heavy atom. The summed E-state index contributed by atoms with van der Waals surface area (Å²) in [5.41, 5.74) is 3.34. The zero-order valence-corrected chi connectivity index (χ0v) is 20.0. The normalized spacial score (nSPS) is 21.1. The van der Waals surface area contributed by atoms with Crippen LogP contribution in [0.5, 0.6) is 0 Å². The Bertz CT molecular complexity index is 652. The molecule has 1 rings (SSSR count). The fraction of sp³-hybridized carbons (Fsp3) is 0.696. The van der Waals surface area contributed by atoms with Crippen molar-refractivity contribution >= 4 is 13.5 Å². The van der Waals surface area contributed by atoms with Gasteiger partial charge in [0.15, 0.2) is 0 Å². The van der Waals surface area contributed by atoms with Crippen LogP contribution < -0.4 is 5.32 Å². The SMILES string of the molecule is CCOP(=O)(OCC)C1CC[C@@H](/C=C(\C)CC/C=C(\C)CCC=C(C)C)NC1=O.